The molecule has 0 radical (unpaired) electrons. The predicted molar refractivity (Wildman–Crippen MR) is 62.9 cm³/mol. The highest BCUT2D eigenvalue weighted by Gasteiger charge is 2.11. The minimum absolute atomic E-state index is 0.799. The maximum Gasteiger partial charge on any atom is 0.150 e. The lowest BCUT2D eigenvalue weighted by Crippen LogP contribution is -1.93. The first-order valence-electron chi connectivity index (χ1n) is 5.15. The van der Waals surface area contributed by atoms with Crippen molar-refractivity contribution in [2.24, 2.45) is 0 Å². The van der Waals surface area contributed by atoms with Gasteiger partial charge in [0.05, 0.1) is 0 Å². The van der Waals surface area contributed by atoms with Gasteiger partial charge in [0, 0.05) is 5.56 Å². The second-order valence-electron chi connectivity index (χ2n) is 3.98. The Kier molecular flexibility index (Phi) is 2.55. The zero-order valence-electron chi connectivity index (χ0n) is 9.08. The van der Waals surface area contributed by atoms with E-state index in [0.29, 0.717) is 0 Å². The lowest BCUT2D eigenvalue weighted by molar-refractivity contribution is 0.112. The van der Waals surface area contributed by atoms with Crippen molar-refractivity contribution in [2.45, 2.75) is 20.3 Å². The van der Waals surface area contributed by atoms with Crippen molar-refractivity contribution in [2.75, 3.05) is 0 Å². The van der Waals surface area contributed by atoms with Crippen molar-refractivity contribution < 1.29 is 4.79 Å². The Hall–Kier alpha value is -1.63. The number of allylic oxidation sites excluding steroid dienone is 4. The van der Waals surface area contributed by atoms with Crippen molar-refractivity contribution >= 4 is 11.9 Å². The molecule has 76 valence electrons. The van der Waals surface area contributed by atoms with Gasteiger partial charge in [-0.3, -0.25) is 4.79 Å². The van der Waals surface area contributed by atoms with Gasteiger partial charge in [-0.25, -0.2) is 0 Å². The van der Waals surface area contributed by atoms with Crippen LogP contribution in [0.15, 0.2) is 35.9 Å². The van der Waals surface area contributed by atoms with Crippen LogP contribution in [0.3, 0.4) is 0 Å². The molecule has 0 aromatic heterocycles. The molecule has 1 aliphatic rings. The van der Waals surface area contributed by atoms with Crippen LogP contribution in [0, 0.1) is 6.92 Å². The number of benzene rings is 1. The van der Waals surface area contributed by atoms with E-state index in [2.05, 4.69) is 25.1 Å². The fourth-order valence-corrected chi connectivity index (χ4v) is 1.99. The fraction of sp³-hybridized carbons (Fsp3) is 0.214. The van der Waals surface area contributed by atoms with Gasteiger partial charge in [0.2, 0.25) is 0 Å². The van der Waals surface area contributed by atoms with E-state index >= 15 is 0 Å². The first kappa shape index (κ1) is 9.91. The molecule has 1 heteroatoms. The van der Waals surface area contributed by atoms with Crippen LogP contribution < -0.4 is 0 Å². The first-order valence-corrected chi connectivity index (χ1v) is 5.15. The Bertz CT molecular complexity index is 464. The Labute approximate surface area is 90.1 Å². The summed E-state index contributed by atoms with van der Waals surface area (Å²) in [6.45, 7) is 4.10. The SMILES string of the molecule is CC1=C(c2ccc(C)cc2C=O)CC=C1. The number of rotatable bonds is 2. The summed E-state index contributed by atoms with van der Waals surface area (Å²) in [4.78, 5) is 11.0. The molecule has 0 saturated carbocycles. The van der Waals surface area contributed by atoms with Gasteiger partial charge in [-0.2, -0.15) is 0 Å². The van der Waals surface area contributed by atoms with Gasteiger partial charge in [0.15, 0.2) is 6.29 Å². The summed E-state index contributed by atoms with van der Waals surface area (Å²) >= 11 is 0. The summed E-state index contributed by atoms with van der Waals surface area (Å²) in [7, 11) is 0. The maximum absolute atomic E-state index is 11.0. The van der Waals surface area contributed by atoms with E-state index in [1.807, 2.05) is 19.1 Å². The summed E-state index contributed by atoms with van der Waals surface area (Å²) in [5.74, 6) is 0. The molecule has 0 fully saturated rings. The van der Waals surface area contributed by atoms with Crippen LogP contribution in [0.25, 0.3) is 5.57 Å². The molecule has 0 bridgehead atoms. The molecule has 0 spiro atoms. The van der Waals surface area contributed by atoms with Crippen LogP contribution in [0.1, 0.15) is 34.8 Å². The van der Waals surface area contributed by atoms with Crippen LogP contribution in [-0.2, 0) is 0 Å². The fourth-order valence-electron chi connectivity index (χ4n) is 1.99. The molecule has 1 aliphatic carbocycles. The summed E-state index contributed by atoms with van der Waals surface area (Å²) in [5.41, 5.74) is 5.55. The van der Waals surface area contributed by atoms with Crippen LogP contribution in [0.2, 0.25) is 0 Å². The average Bonchev–Trinajstić information content (AvgIpc) is 2.64. The van der Waals surface area contributed by atoms with Crippen molar-refractivity contribution in [3.63, 3.8) is 0 Å². The molecule has 0 atom stereocenters. The quantitative estimate of drug-likeness (QED) is 0.664. The van der Waals surface area contributed by atoms with Gasteiger partial charge < -0.3 is 0 Å². The Morgan fingerprint density at radius 3 is 2.67 bits per heavy atom. The summed E-state index contributed by atoms with van der Waals surface area (Å²) in [6, 6.07) is 6.05. The Morgan fingerprint density at radius 1 is 1.27 bits per heavy atom. The molecule has 0 heterocycles. The lowest BCUT2D eigenvalue weighted by atomic mass is 9.96. The van der Waals surface area contributed by atoms with E-state index in [0.717, 1.165) is 29.4 Å². The van der Waals surface area contributed by atoms with Crippen molar-refractivity contribution in [1.82, 2.24) is 0 Å². The molecule has 1 aromatic rings. The van der Waals surface area contributed by atoms with E-state index in [4.69, 9.17) is 0 Å². The molecular weight excluding hydrogens is 184 g/mol. The van der Waals surface area contributed by atoms with E-state index in [1.165, 1.54) is 11.1 Å². The lowest BCUT2D eigenvalue weighted by Gasteiger charge is -2.08. The number of aldehydes is 1. The third kappa shape index (κ3) is 1.78. The topological polar surface area (TPSA) is 17.1 Å². The van der Waals surface area contributed by atoms with Gasteiger partial charge in [-0.15, -0.1) is 0 Å². The second kappa shape index (κ2) is 3.85. The molecule has 2 rings (SSSR count). The number of hydrogen-bond acceptors (Lipinski definition) is 1. The maximum atomic E-state index is 11.0. The van der Waals surface area contributed by atoms with Gasteiger partial charge in [0.25, 0.3) is 0 Å². The minimum atomic E-state index is 0.799. The monoisotopic (exact) mass is 198 g/mol. The van der Waals surface area contributed by atoms with Crippen LogP contribution in [-0.4, -0.2) is 6.29 Å². The zero-order chi connectivity index (χ0) is 10.8. The second-order valence-corrected chi connectivity index (χ2v) is 3.98. The molecule has 0 saturated heterocycles. The summed E-state index contributed by atoms with van der Waals surface area (Å²) in [6.07, 6.45) is 6.14. The third-order valence-corrected chi connectivity index (χ3v) is 2.82. The average molecular weight is 198 g/mol. The largest absolute Gasteiger partial charge is 0.298 e. The van der Waals surface area contributed by atoms with Crippen LogP contribution in [0.5, 0.6) is 0 Å². The van der Waals surface area contributed by atoms with Crippen molar-refractivity contribution in [1.29, 1.82) is 0 Å². The Balaban J connectivity index is 2.54. The summed E-state index contributed by atoms with van der Waals surface area (Å²) in [5, 5.41) is 0. The smallest absolute Gasteiger partial charge is 0.150 e. The molecule has 0 aliphatic heterocycles. The van der Waals surface area contributed by atoms with Gasteiger partial charge >= 0.3 is 0 Å². The van der Waals surface area contributed by atoms with E-state index in [-0.39, 0.29) is 0 Å². The predicted octanol–water partition coefficient (Wildman–Crippen LogP) is 3.54. The number of aryl methyl sites for hydroxylation is 1. The van der Waals surface area contributed by atoms with Crippen molar-refractivity contribution in [3.8, 4) is 0 Å². The molecule has 1 nitrogen and oxygen atoms in total. The van der Waals surface area contributed by atoms with Gasteiger partial charge in [-0.05, 0) is 43.0 Å². The number of carbonyl (C=O) groups excluding carboxylic acids is 1. The molecule has 0 N–H and O–H groups in total. The molecule has 15 heavy (non-hydrogen) atoms. The van der Waals surface area contributed by atoms with Crippen molar-refractivity contribution in [3.05, 3.63) is 52.6 Å². The number of hydrogen-bond donors (Lipinski definition) is 0. The van der Waals surface area contributed by atoms with Gasteiger partial charge in [0.1, 0.15) is 0 Å². The highest BCUT2D eigenvalue weighted by molar-refractivity contribution is 5.88. The van der Waals surface area contributed by atoms with E-state index in [1.54, 1.807) is 0 Å². The van der Waals surface area contributed by atoms with E-state index in [9.17, 15) is 4.79 Å². The molecule has 0 amide bonds. The minimum Gasteiger partial charge on any atom is -0.298 e. The van der Waals surface area contributed by atoms with Gasteiger partial charge in [-0.1, -0.05) is 29.8 Å². The number of carbonyl (C=O) groups is 1. The van der Waals surface area contributed by atoms with E-state index < -0.39 is 0 Å². The molecule has 1 aromatic carbocycles. The molecule has 0 unspecified atom stereocenters. The molecular formula is C14H14O. The normalized spacial score (nSPS) is 14.8. The Morgan fingerprint density at radius 2 is 2.07 bits per heavy atom. The third-order valence-electron chi connectivity index (χ3n) is 2.82. The zero-order valence-corrected chi connectivity index (χ0v) is 9.08. The highest BCUT2D eigenvalue weighted by atomic mass is 16.1. The summed E-state index contributed by atoms with van der Waals surface area (Å²) < 4.78 is 0. The van der Waals surface area contributed by atoms with Crippen LogP contribution >= 0.6 is 0 Å². The first-order chi connectivity index (χ1) is 7.22. The highest BCUT2D eigenvalue weighted by Crippen LogP contribution is 2.30. The van der Waals surface area contributed by atoms with Crippen LogP contribution in [0.4, 0.5) is 0 Å². The standard InChI is InChI=1S/C14H14O/c1-10-6-7-14(12(8-10)9-15)13-5-3-4-11(13)2/h3-4,6-9H,5H2,1-2H3.